The fourth-order valence-electron chi connectivity index (χ4n) is 2.05. The molecule has 1 fully saturated rings. The number of fused-ring (bicyclic) bond motifs is 1. The van der Waals surface area contributed by atoms with Gasteiger partial charge in [-0.15, -0.1) is 0 Å². The molecule has 1 unspecified atom stereocenters. The number of nitrogens with zero attached hydrogens (tertiary/aromatic N) is 3. The smallest absolute Gasteiger partial charge is 0.348 e. The third kappa shape index (κ3) is 2.15. The van der Waals surface area contributed by atoms with Crippen LogP contribution in [0.5, 0.6) is 0 Å². The van der Waals surface area contributed by atoms with Crippen molar-refractivity contribution in [3.05, 3.63) is 22.9 Å². The standard InChI is InChI=1S/C11H15N5O/c1-7(4-8-2-3-8)13-9-5-10-14-15-11(17)16(10)6-12-9/h5-8,13H,2-4H2,1H3,(H,15,17). The maximum absolute atomic E-state index is 11.3. The van der Waals surface area contributed by atoms with Crippen molar-refractivity contribution in [1.29, 1.82) is 0 Å². The van der Waals surface area contributed by atoms with E-state index in [1.807, 2.05) is 0 Å². The van der Waals surface area contributed by atoms with Crippen LogP contribution in [0.15, 0.2) is 17.2 Å². The van der Waals surface area contributed by atoms with Crippen LogP contribution in [0.3, 0.4) is 0 Å². The summed E-state index contributed by atoms with van der Waals surface area (Å²) < 4.78 is 1.39. The number of nitrogens with one attached hydrogen (secondary N) is 2. The van der Waals surface area contributed by atoms with Crippen molar-refractivity contribution < 1.29 is 0 Å². The molecule has 0 spiro atoms. The Balaban J connectivity index is 1.77. The van der Waals surface area contributed by atoms with Crippen molar-refractivity contribution in [2.45, 2.75) is 32.2 Å². The van der Waals surface area contributed by atoms with Gasteiger partial charge in [0.05, 0.1) is 0 Å². The predicted octanol–water partition coefficient (Wildman–Crippen LogP) is 1.02. The molecule has 3 rings (SSSR count). The van der Waals surface area contributed by atoms with E-state index in [2.05, 4.69) is 27.4 Å². The monoisotopic (exact) mass is 233 g/mol. The number of rotatable bonds is 4. The molecule has 1 aliphatic carbocycles. The quantitative estimate of drug-likeness (QED) is 0.826. The fourth-order valence-corrected chi connectivity index (χ4v) is 2.05. The van der Waals surface area contributed by atoms with Gasteiger partial charge in [-0.25, -0.2) is 19.3 Å². The Bertz CT molecular complexity index is 583. The summed E-state index contributed by atoms with van der Waals surface area (Å²) in [6.07, 6.45) is 5.38. The zero-order valence-corrected chi connectivity index (χ0v) is 9.68. The molecule has 17 heavy (non-hydrogen) atoms. The van der Waals surface area contributed by atoms with Gasteiger partial charge >= 0.3 is 5.69 Å². The third-order valence-corrected chi connectivity index (χ3v) is 3.09. The molecule has 90 valence electrons. The second kappa shape index (κ2) is 3.87. The Morgan fingerprint density at radius 1 is 1.65 bits per heavy atom. The van der Waals surface area contributed by atoms with E-state index in [0.29, 0.717) is 11.7 Å². The van der Waals surface area contributed by atoms with E-state index >= 15 is 0 Å². The van der Waals surface area contributed by atoms with E-state index in [1.165, 1.54) is 30.0 Å². The van der Waals surface area contributed by atoms with Gasteiger partial charge in [0.2, 0.25) is 0 Å². The number of aromatic nitrogens is 4. The average Bonchev–Trinajstić information content (AvgIpc) is 3.03. The molecule has 0 saturated heterocycles. The Morgan fingerprint density at radius 2 is 2.47 bits per heavy atom. The van der Waals surface area contributed by atoms with Crippen LogP contribution in [0.1, 0.15) is 26.2 Å². The molecule has 1 atom stereocenters. The first-order valence-corrected chi connectivity index (χ1v) is 5.91. The van der Waals surface area contributed by atoms with Crippen LogP contribution in [0.4, 0.5) is 5.82 Å². The first-order chi connectivity index (χ1) is 8.22. The molecule has 0 aliphatic heterocycles. The van der Waals surface area contributed by atoms with Crippen LogP contribution >= 0.6 is 0 Å². The molecule has 1 saturated carbocycles. The highest BCUT2D eigenvalue weighted by Gasteiger charge is 2.23. The summed E-state index contributed by atoms with van der Waals surface area (Å²) in [5.74, 6) is 1.65. The topological polar surface area (TPSA) is 75.1 Å². The minimum atomic E-state index is -0.259. The lowest BCUT2D eigenvalue weighted by Gasteiger charge is -2.13. The van der Waals surface area contributed by atoms with Gasteiger partial charge in [-0.3, -0.25) is 0 Å². The maximum Gasteiger partial charge on any atom is 0.348 e. The summed E-state index contributed by atoms with van der Waals surface area (Å²) in [5.41, 5.74) is 0.330. The molecule has 0 radical (unpaired) electrons. The fraction of sp³-hybridized carbons (Fsp3) is 0.545. The molecule has 6 nitrogen and oxygen atoms in total. The predicted molar refractivity (Wildman–Crippen MR) is 64.0 cm³/mol. The first kappa shape index (κ1) is 10.3. The van der Waals surface area contributed by atoms with Crippen LogP contribution in [0.2, 0.25) is 0 Å². The number of hydrogen-bond donors (Lipinski definition) is 2. The Hall–Kier alpha value is -1.85. The molecule has 0 aromatic carbocycles. The van der Waals surface area contributed by atoms with Gasteiger partial charge in [0.25, 0.3) is 0 Å². The minimum absolute atomic E-state index is 0.259. The van der Waals surface area contributed by atoms with E-state index in [1.54, 1.807) is 6.07 Å². The van der Waals surface area contributed by atoms with Crippen LogP contribution in [-0.2, 0) is 0 Å². The van der Waals surface area contributed by atoms with Gasteiger partial charge in [-0.2, -0.15) is 5.10 Å². The van der Waals surface area contributed by atoms with E-state index < -0.39 is 0 Å². The lowest BCUT2D eigenvalue weighted by Crippen LogP contribution is -2.17. The molecule has 6 heteroatoms. The summed E-state index contributed by atoms with van der Waals surface area (Å²) in [4.78, 5) is 15.4. The molecule has 0 amide bonds. The highest BCUT2D eigenvalue weighted by atomic mass is 16.1. The summed E-state index contributed by atoms with van der Waals surface area (Å²) in [6.45, 7) is 2.15. The van der Waals surface area contributed by atoms with Crippen LogP contribution in [0.25, 0.3) is 5.65 Å². The summed E-state index contributed by atoms with van der Waals surface area (Å²) in [7, 11) is 0. The zero-order valence-electron chi connectivity index (χ0n) is 9.68. The lowest BCUT2D eigenvalue weighted by atomic mass is 10.1. The largest absolute Gasteiger partial charge is 0.367 e. The van der Waals surface area contributed by atoms with Gasteiger partial charge in [0.15, 0.2) is 5.65 Å². The van der Waals surface area contributed by atoms with Gasteiger partial charge in [0, 0.05) is 12.1 Å². The van der Waals surface area contributed by atoms with Gasteiger partial charge < -0.3 is 5.32 Å². The second-order valence-electron chi connectivity index (χ2n) is 4.76. The number of hydrogen-bond acceptors (Lipinski definition) is 4. The molecule has 2 aromatic rings. The van der Waals surface area contributed by atoms with E-state index in [-0.39, 0.29) is 5.69 Å². The van der Waals surface area contributed by atoms with Crippen molar-refractivity contribution in [1.82, 2.24) is 19.6 Å². The maximum atomic E-state index is 11.3. The van der Waals surface area contributed by atoms with Crippen molar-refractivity contribution in [2.75, 3.05) is 5.32 Å². The van der Waals surface area contributed by atoms with Gasteiger partial charge in [-0.1, -0.05) is 12.8 Å². The molecule has 2 aromatic heterocycles. The van der Waals surface area contributed by atoms with Gasteiger partial charge in [0.1, 0.15) is 12.1 Å². The Morgan fingerprint density at radius 3 is 3.24 bits per heavy atom. The van der Waals surface area contributed by atoms with Crippen molar-refractivity contribution in [3.8, 4) is 0 Å². The Labute approximate surface area is 98.1 Å². The number of anilines is 1. The molecule has 1 aliphatic rings. The third-order valence-electron chi connectivity index (χ3n) is 3.09. The second-order valence-corrected chi connectivity index (χ2v) is 4.76. The molecule has 0 bridgehead atoms. The average molecular weight is 233 g/mol. The number of H-pyrrole nitrogens is 1. The van der Waals surface area contributed by atoms with Crippen LogP contribution in [-0.4, -0.2) is 25.6 Å². The summed E-state index contributed by atoms with van der Waals surface area (Å²) >= 11 is 0. The molecular weight excluding hydrogens is 218 g/mol. The zero-order chi connectivity index (χ0) is 11.8. The van der Waals surface area contributed by atoms with Crippen molar-refractivity contribution in [2.24, 2.45) is 5.92 Å². The highest BCUT2D eigenvalue weighted by molar-refractivity contribution is 5.48. The lowest BCUT2D eigenvalue weighted by molar-refractivity contribution is 0.640. The first-order valence-electron chi connectivity index (χ1n) is 5.91. The van der Waals surface area contributed by atoms with Crippen LogP contribution in [0, 0.1) is 5.92 Å². The molecule has 2 heterocycles. The molecule has 2 N–H and O–H groups in total. The number of aromatic amines is 1. The normalized spacial score (nSPS) is 17.2. The van der Waals surface area contributed by atoms with E-state index in [4.69, 9.17) is 0 Å². The van der Waals surface area contributed by atoms with E-state index in [9.17, 15) is 4.79 Å². The minimum Gasteiger partial charge on any atom is -0.367 e. The summed E-state index contributed by atoms with van der Waals surface area (Å²) in [5, 5.41) is 9.63. The molecular formula is C11H15N5O. The van der Waals surface area contributed by atoms with E-state index in [0.717, 1.165) is 11.7 Å². The SMILES string of the molecule is CC(CC1CC1)Nc1cc2n[nH]c(=O)n2cn1. The summed E-state index contributed by atoms with van der Waals surface area (Å²) in [6, 6.07) is 2.18. The van der Waals surface area contributed by atoms with Crippen molar-refractivity contribution >= 4 is 11.5 Å². The van der Waals surface area contributed by atoms with Gasteiger partial charge in [-0.05, 0) is 19.3 Å². The highest BCUT2D eigenvalue weighted by Crippen LogP contribution is 2.33. The Kier molecular flexibility index (Phi) is 2.35. The van der Waals surface area contributed by atoms with Crippen LogP contribution < -0.4 is 11.0 Å². The van der Waals surface area contributed by atoms with Crippen molar-refractivity contribution in [3.63, 3.8) is 0 Å².